The lowest BCUT2D eigenvalue weighted by Crippen LogP contribution is -1.93. The molecule has 0 atom stereocenters. The van der Waals surface area contributed by atoms with E-state index in [1.807, 2.05) is 0 Å². The fraction of sp³-hybridized carbons (Fsp3) is 0. The molecule has 0 aliphatic rings. The van der Waals surface area contributed by atoms with E-state index in [0.29, 0.717) is 0 Å². The minimum atomic E-state index is 1.22. The topological polar surface area (TPSA) is 0 Å². The molecule has 0 amide bonds. The molecule has 0 radical (unpaired) electrons. The van der Waals surface area contributed by atoms with Crippen LogP contribution in [0.15, 0.2) is 206 Å². The van der Waals surface area contributed by atoms with E-state index in [1.165, 1.54) is 109 Å². The van der Waals surface area contributed by atoms with Crippen molar-refractivity contribution < 1.29 is 0 Å². The molecule has 250 valence electrons. The van der Waals surface area contributed by atoms with E-state index in [2.05, 4.69) is 206 Å². The van der Waals surface area contributed by atoms with Crippen molar-refractivity contribution in [3.05, 3.63) is 206 Å². The maximum atomic E-state index is 2.40. The molecule has 11 rings (SSSR count). The van der Waals surface area contributed by atoms with Gasteiger partial charge in [0.05, 0.1) is 0 Å². The van der Waals surface area contributed by atoms with Gasteiger partial charge in [0.15, 0.2) is 0 Å². The summed E-state index contributed by atoms with van der Waals surface area (Å²) in [7, 11) is 0. The summed E-state index contributed by atoms with van der Waals surface area (Å²) in [6, 6.07) is 76.1. The van der Waals surface area contributed by atoms with Crippen molar-refractivity contribution in [3.8, 4) is 44.5 Å². The van der Waals surface area contributed by atoms with Crippen LogP contribution in [0, 0.1) is 0 Å². The maximum absolute atomic E-state index is 2.40. The molecule has 0 unspecified atom stereocenters. The fourth-order valence-corrected chi connectivity index (χ4v) is 9.08. The molecule has 0 aliphatic heterocycles. The number of benzene rings is 11. The lowest BCUT2D eigenvalue weighted by Gasteiger charge is -2.21. The Kier molecular flexibility index (Phi) is 6.97. The van der Waals surface area contributed by atoms with Gasteiger partial charge < -0.3 is 0 Å². The Morgan fingerprint density at radius 1 is 0.185 bits per heavy atom. The Hall–Kier alpha value is -7.02. The first-order chi connectivity index (χ1) is 26.8. The fourth-order valence-electron chi connectivity index (χ4n) is 9.08. The molecule has 0 spiro atoms. The molecule has 0 aromatic heterocycles. The lowest BCUT2D eigenvalue weighted by molar-refractivity contribution is 1.63. The number of hydrogen-bond acceptors (Lipinski definition) is 0. The maximum Gasteiger partial charge on any atom is -0.00201 e. The summed E-state index contributed by atoms with van der Waals surface area (Å²) in [5.41, 5.74) is 9.99. The smallest absolute Gasteiger partial charge is 0.00201 e. The first-order valence-corrected chi connectivity index (χ1v) is 18.8. The second-order valence-electron chi connectivity index (χ2n) is 14.3. The van der Waals surface area contributed by atoms with Crippen LogP contribution in [0.3, 0.4) is 0 Å². The Bertz CT molecular complexity index is 3220. The average molecular weight is 683 g/mol. The number of rotatable bonds is 4. The molecule has 0 heterocycles. The normalized spacial score (nSPS) is 11.7. The van der Waals surface area contributed by atoms with E-state index in [9.17, 15) is 0 Å². The first kappa shape index (κ1) is 30.6. The summed E-state index contributed by atoms with van der Waals surface area (Å²) >= 11 is 0. The van der Waals surface area contributed by atoms with Crippen molar-refractivity contribution in [3.63, 3.8) is 0 Å². The van der Waals surface area contributed by atoms with Gasteiger partial charge in [-0.3, -0.25) is 0 Å². The highest BCUT2D eigenvalue weighted by molar-refractivity contribution is 6.24. The summed E-state index contributed by atoms with van der Waals surface area (Å²) in [6.07, 6.45) is 0. The van der Waals surface area contributed by atoms with Crippen molar-refractivity contribution in [1.29, 1.82) is 0 Å². The largest absolute Gasteiger partial charge is 0.0616 e. The van der Waals surface area contributed by atoms with Gasteiger partial charge in [-0.25, -0.2) is 0 Å². The molecule has 54 heavy (non-hydrogen) atoms. The molecular weight excluding hydrogens is 649 g/mol. The Morgan fingerprint density at radius 3 is 1.15 bits per heavy atom. The average Bonchev–Trinajstić information content (AvgIpc) is 3.25. The van der Waals surface area contributed by atoms with Gasteiger partial charge in [0.25, 0.3) is 0 Å². The monoisotopic (exact) mass is 682 g/mol. The Morgan fingerprint density at radius 2 is 0.574 bits per heavy atom. The van der Waals surface area contributed by atoms with Gasteiger partial charge >= 0.3 is 0 Å². The molecule has 0 fully saturated rings. The van der Waals surface area contributed by atoms with Gasteiger partial charge in [0, 0.05) is 0 Å². The van der Waals surface area contributed by atoms with Crippen LogP contribution in [0.25, 0.3) is 109 Å². The number of fused-ring (bicyclic) bond motifs is 8. The van der Waals surface area contributed by atoms with Gasteiger partial charge in [-0.15, -0.1) is 0 Å². The molecule has 0 saturated heterocycles. The van der Waals surface area contributed by atoms with Crippen LogP contribution in [-0.4, -0.2) is 0 Å². The van der Waals surface area contributed by atoms with E-state index in [1.54, 1.807) is 0 Å². The molecule has 0 heteroatoms. The van der Waals surface area contributed by atoms with Crippen molar-refractivity contribution in [2.24, 2.45) is 0 Å². The van der Waals surface area contributed by atoms with Crippen molar-refractivity contribution in [1.82, 2.24) is 0 Å². The summed E-state index contributed by atoms with van der Waals surface area (Å²) in [6.45, 7) is 0. The van der Waals surface area contributed by atoms with Crippen LogP contribution in [-0.2, 0) is 0 Å². The Balaban J connectivity index is 1.18. The van der Waals surface area contributed by atoms with Crippen molar-refractivity contribution >= 4 is 64.6 Å². The first-order valence-electron chi connectivity index (χ1n) is 18.8. The van der Waals surface area contributed by atoms with E-state index in [-0.39, 0.29) is 0 Å². The third-order valence-corrected chi connectivity index (χ3v) is 11.4. The van der Waals surface area contributed by atoms with Crippen LogP contribution < -0.4 is 0 Å². The predicted molar refractivity (Wildman–Crippen MR) is 233 cm³/mol. The van der Waals surface area contributed by atoms with Crippen molar-refractivity contribution in [2.45, 2.75) is 0 Å². The zero-order chi connectivity index (χ0) is 35.6. The van der Waals surface area contributed by atoms with Crippen LogP contribution in [0.2, 0.25) is 0 Å². The summed E-state index contributed by atoms with van der Waals surface area (Å²) in [4.78, 5) is 0. The van der Waals surface area contributed by atoms with Gasteiger partial charge in [0.1, 0.15) is 0 Å². The third kappa shape index (κ3) is 4.71. The van der Waals surface area contributed by atoms with Crippen LogP contribution in [0.1, 0.15) is 0 Å². The highest BCUT2D eigenvalue weighted by Crippen LogP contribution is 2.48. The minimum absolute atomic E-state index is 1.22. The molecule has 0 saturated carbocycles. The van der Waals surface area contributed by atoms with Gasteiger partial charge in [-0.2, -0.15) is 0 Å². The highest BCUT2D eigenvalue weighted by Gasteiger charge is 2.20. The summed E-state index contributed by atoms with van der Waals surface area (Å²) in [5, 5.41) is 15.2. The molecule has 0 nitrogen and oxygen atoms in total. The van der Waals surface area contributed by atoms with Gasteiger partial charge in [-0.1, -0.05) is 188 Å². The highest BCUT2D eigenvalue weighted by atomic mass is 14.2. The zero-order valence-corrected chi connectivity index (χ0v) is 29.6. The zero-order valence-electron chi connectivity index (χ0n) is 29.6. The number of hydrogen-bond donors (Lipinski definition) is 0. The second kappa shape index (κ2) is 12.3. The van der Waals surface area contributed by atoms with E-state index in [0.717, 1.165) is 0 Å². The standard InChI is InChI=1S/C54H34/c1-3-20-39-36(16-1)33-51(43-24-7-5-22-41(39)43)35-18-15-19-38(32-35)53-47-28-11-13-30-49(47)54(50-31-14-12-29-48(50)53)46-27-10-9-26-45(46)52-34-37-17-2-4-21-40(37)42-23-6-8-25-44(42)52/h1-34H. The summed E-state index contributed by atoms with van der Waals surface area (Å²) < 4.78 is 0. The molecular formula is C54H34. The van der Waals surface area contributed by atoms with E-state index in [4.69, 9.17) is 0 Å². The van der Waals surface area contributed by atoms with Crippen LogP contribution in [0.4, 0.5) is 0 Å². The molecule has 11 aromatic rings. The molecule has 0 N–H and O–H groups in total. The minimum Gasteiger partial charge on any atom is -0.0616 e. The van der Waals surface area contributed by atoms with Crippen LogP contribution >= 0.6 is 0 Å². The predicted octanol–water partition coefficient (Wildman–Crippen LogP) is 15.3. The quantitative estimate of drug-likeness (QED) is 0.128. The third-order valence-electron chi connectivity index (χ3n) is 11.4. The SMILES string of the molecule is c1cc(-c2c3ccccc3c(-c3ccccc3-c3cc4ccccc4c4ccccc34)c3ccccc23)cc(-c2cc3ccccc3c3ccccc23)c1. The Labute approximate surface area is 314 Å². The molecule has 11 aromatic carbocycles. The molecule has 0 bridgehead atoms. The van der Waals surface area contributed by atoms with E-state index < -0.39 is 0 Å². The lowest BCUT2D eigenvalue weighted by atomic mass is 9.82. The molecule has 0 aliphatic carbocycles. The van der Waals surface area contributed by atoms with Gasteiger partial charge in [0.2, 0.25) is 0 Å². The van der Waals surface area contributed by atoms with E-state index >= 15 is 0 Å². The van der Waals surface area contributed by atoms with Gasteiger partial charge in [-0.05, 0) is 127 Å². The van der Waals surface area contributed by atoms with Crippen LogP contribution in [0.5, 0.6) is 0 Å². The van der Waals surface area contributed by atoms with Crippen molar-refractivity contribution in [2.75, 3.05) is 0 Å². The summed E-state index contributed by atoms with van der Waals surface area (Å²) in [5.74, 6) is 0. The second-order valence-corrected chi connectivity index (χ2v) is 14.3.